The zero-order chi connectivity index (χ0) is 14.3. The molecule has 3 heterocycles. The summed E-state index contributed by atoms with van der Waals surface area (Å²) in [5.74, 6) is -0.0161. The van der Waals surface area contributed by atoms with Crippen LogP contribution in [0.2, 0.25) is 0 Å². The summed E-state index contributed by atoms with van der Waals surface area (Å²) in [6.07, 6.45) is 2.16. The van der Waals surface area contributed by atoms with E-state index in [2.05, 4.69) is 4.98 Å². The molecule has 0 radical (unpaired) electrons. The highest BCUT2D eigenvalue weighted by atomic mass is 32.1. The zero-order valence-corrected chi connectivity index (χ0v) is 12.9. The molecule has 20 heavy (non-hydrogen) atoms. The summed E-state index contributed by atoms with van der Waals surface area (Å²) >= 11 is 3.00. The molecule has 1 unspecified atom stereocenters. The summed E-state index contributed by atoms with van der Waals surface area (Å²) < 4.78 is 2.00. The molecule has 0 spiro atoms. The van der Waals surface area contributed by atoms with Crippen molar-refractivity contribution in [3.63, 3.8) is 0 Å². The van der Waals surface area contributed by atoms with Gasteiger partial charge in [0.2, 0.25) is 0 Å². The Morgan fingerprint density at radius 1 is 1.60 bits per heavy atom. The Hall–Kier alpha value is -1.44. The number of thiazole rings is 1. The molecule has 3 rings (SSSR count). The van der Waals surface area contributed by atoms with Gasteiger partial charge in [-0.15, -0.1) is 22.7 Å². The van der Waals surface area contributed by atoms with Crippen molar-refractivity contribution in [2.24, 2.45) is 0 Å². The normalized spacial score (nSPS) is 13.2. The van der Waals surface area contributed by atoms with Crippen LogP contribution in [0.25, 0.3) is 15.3 Å². The van der Waals surface area contributed by atoms with E-state index in [1.54, 1.807) is 30.2 Å². The van der Waals surface area contributed by atoms with Crippen molar-refractivity contribution in [1.29, 1.82) is 0 Å². The van der Waals surface area contributed by atoms with E-state index >= 15 is 0 Å². The molecule has 0 aliphatic heterocycles. The van der Waals surface area contributed by atoms with E-state index in [-0.39, 0.29) is 5.91 Å². The molecule has 3 aromatic heterocycles. The Labute approximate surface area is 124 Å². The summed E-state index contributed by atoms with van der Waals surface area (Å²) in [4.78, 5) is 21.0. The quantitative estimate of drug-likeness (QED) is 0.805. The maximum Gasteiger partial charge on any atom is 0.263 e. The minimum atomic E-state index is -0.391. The van der Waals surface area contributed by atoms with Crippen LogP contribution in [0.4, 0.5) is 0 Å². The van der Waals surface area contributed by atoms with Crippen LogP contribution in [0.5, 0.6) is 0 Å². The highest BCUT2D eigenvalue weighted by molar-refractivity contribution is 7.21. The number of fused-ring (bicyclic) bond motifs is 3. The minimum absolute atomic E-state index is 0.0161. The van der Waals surface area contributed by atoms with E-state index in [4.69, 9.17) is 0 Å². The molecule has 7 heteroatoms. The fourth-order valence-electron chi connectivity index (χ4n) is 2.02. The van der Waals surface area contributed by atoms with Crippen molar-refractivity contribution in [3.05, 3.63) is 22.5 Å². The SMILES string of the molecule is CC(O)CCN(C)C(=O)c1cc2c(nc3sccn32)s1. The molecule has 0 fully saturated rings. The molecule has 1 amide bonds. The van der Waals surface area contributed by atoms with Crippen molar-refractivity contribution >= 4 is 43.9 Å². The lowest BCUT2D eigenvalue weighted by atomic mass is 10.2. The van der Waals surface area contributed by atoms with Crippen LogP contribution in [0, 0.1) is 0 Å². The lowest BCUT2D eigenvalue weighted by Crippen LogP contribution is -2.28. The third kappa shape index (κ3) is 2.32. The topological polar surface area (TPSA) is 57.8 Å². The van der Waals surface area contributed by atoms with Crippen LogP contribution in [0.3, 0.4) is 0 Å². The van der Waals surface area contributed by atoms with Crippen molar-refractivity contribution in [2.45, 2.75) is 19.4 Å². The van der Waals surface area contributed by atoms with Gasteiger partial charge in [-0.05, 0) is 19.4 Å². The molecule has 106 valence electrons. The molecule has 1 atom stereocenters. The second-order valence-electron chi connectivity index (χ2n) is 4.83. The van der Waals surface area contributed by atoms with Crippen molar-refractivity contribution < 1.29 is 9.90 Å². The number of thiophene rings is 1. The highest BCUT2D eigenvalue weighted by Crippen LogP contribution is 2.28. The summed E-state index contributed by atoms with van der Waals surface area (Å²) in [5, 5.41) is 11.3. The third-order valence-electron chi connectivity index (χ3n) is 3.18. The van der Waals surface area contributed by atoms with E-state index in [1.165, 1.54) is 11.3 Å². The number of hydrogen-bond acceptors (Lipinski definition) is 5. The van der Waals surface area contributed by atoms with Gasteiger partial charge in [0.25, 0.3) is 5.91 Å². The van der Waals surface area contributed by atoms with Crippen molar-refractivity contribution in [1.82, 2.24) is 14.3 Å². The fraction of sp³-hybridized carbons (Fsp3) is 0.385. The van der Waals surface area contributed by atoms with Gasteiger partial charge >= 0.3 is 0 Å². The molecular formula is C13H15N3O2S2. The number of nitrogens with zero attached hydrogens (tertiary/aromatic N) is 3. The van der Waals surface area contributed by atoms with E-state index in [0.29, 0.717) is 17.8 Å². The van der Waals surface area contributed by atoms with Crippen molar-refractivity contribution in [3.8, 4) is 0 Å². The van der Waals surface area contributed by atoms with Crippen LogP contribution >= 0.6 is 22.7 Å². The first-order valence-electron chi connectivity index (χ1n) is 6.35. The first-order valence-corrected chi connectivity index (χ1v) is 8.04. The van der Waals surface area contributed by atoms with Gasteiger partial charge < -0.3 is 10.0 Å². The molecule has 3 aromatic rings. The summed E-state index contributed by atoms with van der Waals surface area (Å²) in [6.45, 7) is 2.28. The number of aromatic nitrogens is 2. The number of carbonyl (C=O) groups is 1. The molecule has 0 saturated heterocycles. The molecular weight excluding hydrogens is 294 g/mol. The molecule has 0 aliphatic rings. The number of rotatable bonds is 4. The van der Waals surface area contributed by atoms with E-state index < -0.39 is 6.10 Å². The van der Waals surface area contributed by atoms with Gasteiger partial charge in [0.1, 0.15) is 4.83 Å². The fourth-order valence-corrected chi connectivity index (χ4v) is 3.82. The molecule has 5 nitrogen and oxygen atoms in total. The number of amides is 1. The zero-order valence-electron chi connectivity index (χ0n) is 11.2. The Morgan fingerprint density at radius 2 is 2.40 bits per heavy atom. The molecule has 0 aliphatic carbocycles. The number of aliphatic hydroxyl groups excluding tert-OH is 1. The third-order valence-corrected chi connectivity index (χ3v) is 4.94. The van der Waals surface area contributed by atoms with Crippen LogP contribution < -0.4 is 0 Å². The predicted molar refractivity (Wildman–Crippen MR) is 81.7 cm³/mol. The second-order valence-corrected chi connectivity index (χ2v) is 6.74. The molecule has 0 bridgehead atoms. The average molecular weight is 309 g/mol. The van der Waals surface area contributed by atoms with Gasteiger partial charge in [-0.25, -0.2) is 4.98 Å². The highest BCUT2D eigenvalue weighted by Gasteiger charge is 2.18. The number of aliphatic hydroxyl groups is 1. The standard InChI is InChI=1S/C13H15N3O2S2/c1-8(17)3-4-15(2)12(18)10-7-9-11(20-10)14-13-16(9)5-6-19-13/h5-8,17H,3-4H2,1-2H3. The van der Waals surface area contributed by atoms with Gasteiger partial charge in [-0.2, -0.15) is 0 Å². The van der Waals surface area contributed by atoms with E-state index in [0.717, 1.165) is 15.3 Å². The molecule has 1 N–H and O–H groups in total. The number of hydrogen-bond donors (Lipinski definition) is 1. The van der Waals surface area contributed by atoms with Gasteiger partial charge in [-0.3, -0.25) is 9.20 Å². The van der Waals surface area contributed by atoms with Crippen LogP contribution in [0.1, 0.15) is 23.0 Å². The van der Waals surface area contributed by atoms with Crippen molar-refractivity contribution in [2.75, 3.05) is 13.6 Å². The monoisotopic (exact) mass is 309 g/mol. The molecule has 0 saturated carbocycles. The van der Waals surface area contributed by atoms with E-state index in [1.807, 2.05) is 22.0 Å². The molecule has 0 aromatic carbocycles. The van der Waals surface area contributed by atoms with Crippen LogP contribution in [-0.2, 0) is 0 Å². The minimum Gasteiger partial charge on any atom is -0.393 e. The Balaban J connectivity index is 1.85. The van der Waals surface area contributed by atoms with Crippen LogP contribution in [-0.4, -0.2) is 45.0 Å². The van der Waals surface area contributed by atoms with Gasteiger partial charge in [-0.1, -0.05) is 0 Å². The Bertz CT molecular complexity index is 756. The largest absolute Gasteiger partial charge is 0.393 e. The second kappa shape index (κ2) is 5.16. The Kier molecular flexibility index (Phi) is 3.49. The van der Waals surface area contributed by atoms with Gasteiger partial charge in [0.15, 0.2) is 4.96 Å². The summed E-state index contributed by atoms with van der Waals surface area (Å²) in [7, 11) is 1.76. The summed E-state index contributed by atoms with van der Waals surface area (Å²) in [5.41, 5.74) is 0.985. The lowest BCUT2D eigenvalue weighted by Gasteiger charge is -2.16. The first-order chi connectivity index (χ1) is 9.56. The smallest absolute Gasteiger partial charge is 0.263 e. The first kappa shape index (κ1) is 13.5. The summed E-state index contributed by atoms with van der Waals surface area (Å²) in [6, 6.07) is 1.90. The van der Waals surface area contributed by atoms with Gasteiger partial charge in [0.05, 0.1) is 16.5 Å². The maximum absolute atomic E-state index is 12.3. The predicted octanol–water partition coefficient (Wildman–Crippen LogP) is 2.45. The number of imidazole rings is 1. The average Bonchev–Trinajstić information content (AvgIpc) is 3.05. The van der Waals surface area contributed by atoms with Gasteiger partial charge in [0, 0.05) is 25.2 Å². The maximum atomic E-state index is 12.3. The lowest BCUT2D eigenvalue weighted by molar-refractivity contribution is 0.0773. The Morgan fingerprint density at radius 3 is 3.15 bits per heavy atom. The number of carbonyl (C=O) groups excluding carboxylic acids is 1. The van der Waals surface area contributed by atoms with Crippen LogP contribution in [0.15, 0.2) is 17.6 Å². The van der Waals surface area contributed by atoms with E-state index in [9.17, 15) is 9.90 Å².